The summed E-state index contributed by atoms with van der Waals surface area (Å²) in [5.41, 5.74) is 0. The summed E-state index contributed by atoms with van der Waals surface area (Å²) >= 11 is 5.08. The molecule has 1 aromatic rings. The van der Waals surface area contributed by atoms with E-state index in [1.165, 1.54) is 0 Å². The molecule has 1 heterocycles. The van der Waals surface area contributed by atoms with Crippen molar-refractivity contribution in [2.45, 2.75) is 33.6 Å². The van der Waals surface area contributed by atoms with Crippen molar-refractivity contribution in [2.75, 3.05) is 29.9 Å². The highest BCUT2D eigenvalue weighted by Gasteiger charge is 2.08. The van der Waals surface area contributed by atoms with Crippen molar-refractivity contribution in [1.29, 1.82) is 0 Å². The van der Waals surface area contributed by atoms with Gasteiger partial charge in [0.2, 0.25) is 16.7 Å². The van der Waals surface area contributed by atoms with Crippen LogP contribution in [0.3, 0.4) is 0 Å². The minimum atomic E-state index is 0.381. The standard InChI is InChI=1S/C11H21N5S/c1-4-7-16(8-5-2)10-13-9(12-6-3)14-11(17)15-10/h4-8H2,1-3H3,(H2,12,13,14,15,17). The Hall–Kier alpha value is -1.17. The molecule has 1 rings (SSSR count). The molecule has 17 heavy (non-hydrogen) atoms. The number of anilines is 2. The summed E-state index contributed by atoms with van der Waals surface area (Å²) in [4.78, 5) is 13.8. The Morgan fingerprint density at radius 3 is 2.35 bits per heavy atom. The molecule has 0 aliphatic rings. The van der Waals surface area contributed by atoms with Gasteiger partial charge >= 0.3 is 0 Å². The van der Waals surface area contributed by atoms with Crippen LogP contribution in [0.25, 0.3) is 0 Å². The molecule has 0 aliphatic carbocycles. The number of rotatable bonds is 7. The van der Waals surface area contributed by atoms with Crippen LogP contribution in [0.4, 0.5) is 11.9 Å². The molecular weight excluding hydrogens is 234 g/mol. The van der Waals surface area contributed by atoms with Crippen molar-refractivity contribution in [3.63, 3.8) is 0 Å². The molecule has 6 heteroatoms. The topological polar surface area (TPSA) is 56.8 Å². The van der Waals surface area contributed by atoms with E-state index in [1.54, 1.807) is 0 Å². The molecular formula is C11H21N5S. The lowest BCUT2D eigenvalue weighted by molar-refractivity contribution is 0.716. The lowest BCUT2D eigenvalue weighted by Crippen LogP contribution is -2.27. The Labute approximate surface area is 108 Å². The van der Waals surface area contributed by atoms with Crippen molar-refractivity contribution < 1.29 is 0 Å². The highest BCUT2D eigenvalue weighted by molar-refractivity contribution is 7.71. The van der Waals surface area contributed by atoms with E-state index < -0.39 is 0 Å². The van der Waals surface area contributed by atoms with Crippen LogP contribution in [0, 0.1) is 4.77 Å². The van der Waals surface area contributed by atoms with Gasteiger partial charge in [-0.2, -0.15) is 9.97 Å². The van der Waals surface area contributed by atoms with Gasteiger partial charge in [0.05, 0.1) is 0 Å². The predicted octanol–water partition coefficient (Wildman–Crippen LogP) is 2.59. The van der Waals surface area contributed by atoms with Gasteiger partial charge in [0, 0.05) is 19.6 Å². The van der Waals surface area contributed by atoms with E-state index in [-0.39, 0.29) is 0 Å². The summed E-state index contributed by atoms with van der Waals surface area (Å²) in [6, 6.07) is 0. The van der Waals surface area contributed by atoms with E-state index in [0.29, 0.717) is 10.7 Å². The minimum Gasteiger partial charge on any atom is -0.356 e. The van der Waals surface area contributed by atoms with E-state index in [9.17, 15) is 0 Å². The van der Waals surface area contributed by atoms with Gasteiger partial charge in [-0.1, -0.05) is 13.8 Å². The van der Waals surface area contributed by atoms with Crippen LogP contribution in [0.5, 0.6) is 0 Å². The highest BCUT2D eigenvalue weighted by atomic mass is 32.1. The van der Waals surface area contributed by atoms with Crippen molar-refractivity contribution >= 4 is 24.1 Å². The van der Waals surface area contributed by atoms with Gasteiger partial charge < -0.3 is 10.2 Å². The van der Waals surface area contributed by atoms with Crippen LogP contribution in [-0.4, -0.2) is 34.6 Å². The van der Waals surface area contributed by atoms with Crippen LogP contribution < -0.4 is 10.2 Å². The summed E-state index contributed by atoms with van der Waals surface area (Å²) in [5, 5.41) is 3.13. The van der Waals surface area contributed by atoms with Gasteiger partial charge in [-0.25, -0.2) is 0 Å². The fraction of sp³-hybridized carbons (Fsp3) is 0.727. The fourth-order valence-electron chi connectivity index (χ4n) is 1.64. The van der Waals surface area contributed by atoms with Gasteiger partial charge in [-0.15, -0.1) is 0 Å². The maximum Gasteiger partial charge on any atom is 0.225 e. The fourth-order valence-corrected chi connectivity index (χ4v) is 1.82. The Balaban J connectivity index is 2.96. The molecule has 0 fully saturated rings. The van der Waals surface area contributed by atoms with E-state index in [4.69, 9.17) is 12.2 Å². The molecule has 0 unspecified atom stereocenters. The molecule has 0 radical (unpaired) electrons. The molecule has 5 nitrogen and oxygen atoms in total. The average molecular weight is 255 g/mol. The number of hydrogen-bond donors (Lipinski definition) is 2. The van der Waals surface area contributed by atoms with E-state index >= 15 is 0 Å². The van der Waals surface area contributed by atoms with Gasteiger partial charge in [0.1, 0.15) is 0 Å². The Morgan fingerprint density at radius 1 is 1.18 bits per heavy atom. The first-order chi connectivity index (χ1) is 8.21. The number of H-pyrrole nitrogens is 1. The second kappa shape index (κ2) is 7.21. The zero-order valence-corrected chi connectivity index (χ0v) is 11.6. The first-order valence-corrected chi connectivity index (χ1v) is 6.59. The van der Waals surface area contributed by atoms with E-state index in [0.717, 1.165) is 38.4 Å². The first-order valence-electron chi connectivity index (χ1n) is 6.18. The van der Waals surface area contributed by atoms with Crippen LogP contribution >= 0.6 is 12.2 Å². The summed E-state index contributed by atoms with van der Waals surface area (Å²) < 4.78 is 0.381. The molecule has 0 atom stereocenters. The molecule has 0 saturated heterocycles. The molecule has 0 saturated carbocycles. The summed E-state index contributed by atoms with van der Waals surface area (Å²) in [5.74, 6) is 1.50. The third kappa shape index (κ3) is 4.30. The quantitative estimate of drug-likeness (QED) is 0.733. The van der Waals surface area contributed by atoms with Crippen molar-refractivity contribution in [3.05, 3.63) is 4.77 Å². The lowest BCUT2D eigenvalue weighted by atomic mass is 10.4. The lowest BCUT2D eigenvalue weighted by Gasteiger charge is -2.22. The molecule has 0 bridgehead atoms. The third-order valence-electron chi connectivity index (χ3n) is 2.27. The summed E-state index contributed by atoms with van der Waals surface area (Å²) in [7, 11) is 0. The largest absolute Gasteiger partial charge is 0.356 e. The summed E-state index contributed by atoms with van der Waals surface area (Å²) in [6.45, 7) is 9.09. The maximum atomic E-state index is 5.08. The second-order valence-corrected chi connectivity index (χ2v) is 4.19. The Bertz CT molecular complexity index is 384. The van der Waals surface area contributed by atoms with Crippen LogP contribution in [0.1, 0.15) is 33.6 Å². The maximum absolute atomic E-state index is 5.08. The monoisotopic (exact) mass is 255 g/mol. The molecule has 96 valence electrons. The van der Waals surface area contributed by atoms with Crippen LogP contribution in [-0.2, 0) is 0 Å². The van der Waals surface area contributed by atoms with Crippen molar-refractivity contribution in [2.24, 2.45) is 0 Å². The molecule has 0 aromatic carbocycles. The average Bonchev–Trinajstić information content (AvgIpc) is 2.28. The van der Waals surface area contributed by atoms with Crippen molar-refractivity contribution in [1.82, 2.24) is 15.0 Å². The zero-order valence-electron chi connectivity index (χ0n) is 10.8. The molecule has 2 N–H and O–H groups in total. The normalized spacial score (nSPS) is 10.3. The van der Waals surface area contributed by atoms with Crippen molar-refractivity contribution in [3.8, 4) is 0 Å². The highest BCUT2D eigenvalue weighted by Crippen LogP contribution is 2.10. The van der Waals surface area contributed by atoms with Crippen LogP contribution in [0.2, 0.25) is 0 Å². The van der Waals surface area contributed by atoms with E-state index in [1.807, 2.05) is 6.92 Å². The van der Waals surface area contributed by atoms with Crippen LogP contribution in [0.15, 0.2) is 0 Å². The number of aromatic nitrogens is 3. The zero-order chi connectivity index (χ0) is 12.7. The van der Waals surface area contributed by atoms with Gasteiger partial charge in [0.25, 0.3) is 0 Å². The molecule has 0 spiro atoms. The molecule has 1 aromatic heterocycles. The number of hydrogen-bond acceptors (Lipinski definition) is 5. The minimum absolute atomic E-state index is 0.381. The smallest absolute Gasteiger partial charge is 0.225 e. The Kier molecular flexibility index (Phi) is 5.90. The SMILES string of the molecule is CCCN(CCC)c1nc(=S)nc(NCC)[nH]1. The third-order valence-corrected chi connectivity index (χ3v) is 2.45. The number of nitrogens with zero attached hydrogens (tertiary/aromatic N) is 3. The predicted molar refractivity (Wildman–Crippen MR) is 74.2 cm³/mol. The summed E-state index contributed by atoms with van der Waals surface area (Å²) in [6.07, 6.45) is 2.17. The number of nitrogens with one attached hydrogen (secondary N) is 2. The van der Waals surface area contributed by atoms with Gasteiger partial charge in [-0.05, 0) is 32.0 Å². The second-order valence-electron chi connectivity index (χ2n) is 3.82. The Morgan fingerprint density at radius 2 is 1.82 bits per heavy atom. The van der Waals surface area contributed by atoms with Gasteiger partial charge in [0.15, 0.2) is 0 Å². The first kappa shape index (κ1) is 13.9. The van der Waals surface area contributed by atoms with Gasteiger partial charge in [-0.3, -0.25) is 4.98 Å². The molecule has 0 aliphatic heterocycles. The number of aromatic amines is 1. The molecule has 0 amide bonds. The van der Waals surface area contributed by atoms with E-state index in [2.05, 4.69) is 39.0 Å².